The van der Waals surface area contributed by atoms with Crippen molar-refractivity contribution < 1.29 is 19.0 Å². The Morgan fingerprint density at radius 1 is 1.64 bits per heavy atom. The number of nitrogens with zero attached hydrogens (tertiary/aromatic N) is 1. The van der Waals surface area contributed by atoms with Gasteiger partial charge in [-0.1, -0.05) is 0 Å². The molecule has 1 rings (SSSR count). The van der Waals surface area contributed by atoms with Crippen LogP contribution in [0.25, 0.3) is 0 Å². The zero-order chi connectivity index (χ0) is 10.7. The molecule has 0 saturated carbocycles. The van der Waals surface area contributed by atoms with E-state index < -0.39 is 11.8 Å². The number of halogens is 1. The summed E-state index contributed by atoms with van der Waals surface area (Å²) in [4.78, 5) is 14.2. The van der Waals surface area contributed by atoms with E-state index in [1.54, 1.807) is 13.8 Å². The molecule has 0 fully saturated rings. The average Bonchev–Trinajstić information content (AvgIpc) is 2.07. The van der Waals surface area contributed by atoms with Gasteiger partial charge in [-0.3, -0.25) is 0 Å². The quantitative estimate of drug-likeness (QED) is 0.804. The van der Waals surface area contributed by atoms with Gasteiger partial charge in [0.2, 0.25) is 5.88 Å². The molecular formula is C9H10FNO3. The Kier molecular flexibility index (Phi) is 3.01. The maximum atomic E-state index is 12.7. The molecule has 1 N–H and O–H groups in total. The van der Waals surface area contributed by atoms with Gasteiger partial charge in [0.1, 0.15) is 11.4 Å². The average molecular weight is 199 g/mol. The normalized spacial score (nSPS) is 10.3. The summed E-state index contributed by atoms with van der Waals surface area (Å²) in [5.74, 6) is -2.01. The van der Waals surface area contributed by atoms with Crippen molar-refractivity contribution in [3.8, 4) is 5.88 Å². The van der Waals surface area contributed by atoms with Gasteiger partial charge in [-0.2, -0.15) is 0 Å². The number of ether oxygens (including phenoxy) is 1. The monoisotopic (exact) mass is 199 g/mol. The van der Waals surface area contributed by atoms with Crippen molar-refractivity contribution in [3.63, 3.8) is 0 Å². The van der Waals surface area contributed by atoms with Crippen LogP contribution in [0.1, 0.15) is 24.2 Å². The van der Waals surface area contributed by atoms with Crippen molar-refractivity contribution in [1.82, 2.24) is 4.98 Å². The summed E-state index contributed by atoms with van der Waals surface area (Å²) in [5, 5.41) is 8.72. The summed E-state index contributed by atoms with van der Waals surface area (Å²) in [6.45, 7) is 3.47. The first-order chi connectivity index (χ1) is 6.50. The zero-order valence-electron chi connectivity index (χ0n) is 7.82. The van der Waals surface area contributed by atoms with Gasteiger partial charge in [0.05, 0.1) is 12.3 Å². The van der Waals surface area contributed by atoms with Crippen molar-refractivity contribution in [2.45, 2.75) is 20.0 Å². The third kappa shape index (κ3) is 2.42. The molecule has 0 amide bonds. The van der Waals surface area contributed by atoms with Crippen LogP contribution in [-0.4, -0.2) is 22.2 Å². The molecular weight excluding hydrogens is 189 g/mol. The van der Waals surface area contributed by atoms with E-state index in [-0.39, 0.29) is 17.5 Å². The highest BCUT2D eigenvalue weighted by Crippen LogP contribution is 2.17. The zero-order valence-corrected chi connectivity index (χ0v) is 7.82. The fraction of sp³-hybridized carbons (Fsp3) is 0.333. The summed E-state index contributed by atoms with van der Waals surface area (Å²) >= 11 is 0. The summed E-state index contributed by atoms with van der Waals surface area (Å²) in [6.07, 6.45) is 0.718. The van der Waals surface area contributed by atoms with Gasteiger partial charge in [0.15, 0.2) is 0 Å². The lowest BCUT2D eigenvalue weighted by molar-refractivity contribution is 0.0688. The first-order valence-electron chi connectivity index (χ1n) is 4.06. The second-order valence-corrected chi connectivity index (χ2v) is 2.98. The summed E-state index contributed by atoms with van der Waals surface area (Å²) in [5.41, 5.74) is -0.265. The maximum Gasteiger partial charge on any atom is 0.341 e. The highest BCUT2D eigenvalue weighted by Gasteiger charge is 2.14. The molecule has 0 aliphatic heterocycles. The molecule has 1 aromatic heterocycles. The Morgan fingerprint density at radius 3 is 2.79 bits per heavy atom. The lowest BCUT2D eigenvalue weighted by Crippen LogP contribution is -2.11. The van der Waals surface area contributed by atoms with Crippen molar-refractivity contribution in [1.29, 1.82) is 0 Å². The molecule has 0 bridgehead atoms. The van der Waals surface area contributed by atoms with Crippen LogP contribution in [0, 0.1) is 5.82 Å². The fourth-order valence-corrected chi connectivity index (χ4v) is 0.897. The first-order valence-corrected chi connectivity index (χ1v) is 4.06. The summed E-state index contributed by atoms with van der Waals surface area (Å²) in [6, 6.07) is 0.882. The number of hydrogen-bond acceptors (Lipinski definition) is 3. The predicted octanol–water partition coefficient (Wildman–Crippen LogP) is 1.71. The Labute approximate surface area is 80.3 Å². The molecule has 5 heteroatoms. The lowest BCUT2D eigenvalue weighted by atomic mass is 10.2. The van der Waals surface area contributed by atoms with Crippen molar-refractivity contribution in [2.75, 3.05) is 0 Å². The van der Waals surface area contributed by atoms with Crippen LogP contribution < -0.4 is 4.74 Å². The minimum atomic E-state index is -1.26. The van der Waals surface area contributed by atoms with Gasteiger partial charge >= 0.3 is 5.97 Å². The van der Waals surface area contributed by atoms with Gasteiger partial charge in [0.25, 0.3) is 0 Å². The number of aromatic carboxylic acids is 1. The number of rotatable bonds is 3. The topological polar surface area (TPSA) is 59.4 Å². The lowest BCUT2D eigenvalue weighted by Gasteiger charge is -2.10. The number of carboxylic acids is 1. The molecule has 0 spiro atoms. The standard InChI is InChI=1S/C9H10FNO3/c1-5(2)14-8-7(9(12)13)3-6(10)4-11-8/h3-5H,1-2H3,(H,12,13). The molecule has 1 heterocycles. The largest absolute Gasteiger partial charge is 0.477 e. The number of carboxylic acid groups (broad SMARTS) is 1. The van der Waals surface area contributed by atoms with Gasteiger partial charge in [-0.05, 0) is 19.9 Å². The SMILES string of the molecule is CC(C)Oc1ncc(F)cc1C(=O)O. The fourth-order valence-electron chi connectivity index (χ4n) is 0.897. The number of hydrogen-bond donors (Lipinski definition) is 1. The van der Waals surface area contributed by atoms with Crippen LogP contribution in [0.2, 0.25) is 0 Å². The van der Waals surface area contributed by atoms with Gasteiger partial charge < -0.3 is 9.84 Å². The molecule has 0 radical (unpaired) electrons. The van der Waals surface area contributed by atoms with E-state index >= 15 is 0 Å². The van der Waals surface area contributed by atoms with Gasteiger partial charge in [-0.25, -0.2) is 14.2 Å². The molecule has 0 unspecified atom stereocenters. The van der Waals surface area contributed by atoms with E-state index in [9.17, 15) is 9.18 Å². The summed E-state index contributed by atoms with van der Waals surface area (Å²) < 4.78 is 17.8. The Hall–Kier alpha value is -1.65. The Bertz CT molecular complexity index is 352. The van der Waals surface area contributed by atoms with Gasteiger partial charge in [0, 0.05) is 0 Å². The molecule has 76 valence electrons. The van der Waals surface area contributed by atoms with Crippen LogP contribution >= 0.6 is 0 Å². The van der Waals surface area contributed by atoms with Gasteiger partial charge in [-0.15, -0.1) is 0 Å². The van der Waals surface area contributed by atoms with Crippen molar-refractivity contribution >= 4 is 5.97 Å². The van der Waals surface area contributed by atoms with Crippen LogP contribution in [0.15, 0.2) is 12.3 Å². The molecule has 0 atom stereocenters. The minimum absolute atomic E-state index is 0.0612. The Morgan fingerprint density at radius 2 is 2.29 bits per heavy atom. The molecule has 4 nitrogen and oxygen atoms in total. The molecule has 14 heavy (non-hydrogen) atoms. The van der Waals surface area contributed by atoms with Crippen LogP contribution in [0.5, 0.6) is 5.88 Å². The van der Waals surface area contributed by atoms with Crippen molar-refractivity contribution in [3.05, 3.63) is 23.6 Å². The highest BCUT2D eigenvalue weighted by molar-refractivity contribution is 5.90. The van der Waals surface area contributed by atoms with Crippen LogP contribution in [0.4, 0.5) is 4.39 Å². The number of carbonyl (C=O) groups is 1. The highest BCUT2D eigenvalue weighted by atomic mass is 19.1. The first kappa shape index (κ1) is 10.4. The second-order valence-electron chi connectivity index (χ2n) is 2.98. The van der Waals surface area contributed by atoms with E-state index in [4.69, 9.17) is 9.84 Å². The Balaban J connectivity index is 3.08. The number of pyridine rings is 1. The van der Waals surface area contributed by atoms with Crippen LogP contribution in [0.3, 0.4) is 0 Å². The van der Waals surface area contributed by atoms with E-state index in [1.807, 2.05) is 0 Å². The number of aromatic nitrogens is 1. The predicted molar refractivity (Wildman–Crippen MR) is 46.9 cm³/mol. The molecule has 0 aromatic carbocycles. The van der Waals surface area contributed by atoms with E-state index in [1.165, 1.54) is 0 Å². The minimum Gasteiger partial charge on any atom is -0.477 e. The van der Waals surface area contributed by atoms with E-state index in [2.05, 4.69) is 4.98 Å². The van der Waals surface area contributed by atoms with Crippen molar-refractivity contribution in [2.24, 2.45) is 0 Å². The van der Waals surface area contributed by atoms with E-state index in [0.29, 0.717) is 0 Å². The third-order valence-electron chi connectivity index (χ3n) is 1.40. The molecule has 0 aliphatic rings. The molecule has 1 aromatic rings. The van der Waals surface area contributed by atoms with Crippen LogP contribution in [-0.2, 0) is 0 Å². The third-order valence-corrected chi connectivity index (χ3v) is 1.40. The summed E-state index contributed by atoms with van der Waals surface area (Å²) in [7, 11) is 0. The second kappa shape index (κ2) is 4.04. The van der Waals surface area contributed by atoms with E-state index in [0.717, 1.165) is 12.3 Å². The molecule has 0 saturated heterocycles. The molecule has 0 aliphatic carbocycles. The maximum absolute atomic E-state index is 12.7. The smallest absolute Gasteiger partial charge is 0.341 e.